The second-order valence-electron chi connectivity index (χ2n) is 10.0. The third-order valence-electron chi connectivity index (χ3n) is 7.40. The summed E-state index contributed by atoms with van der Waals surface area (Å²) in [6.45, 7) is 0.498. The lowest BCUT2D eigenvalue weighted by Gasteiger charge is -2.32. The summed E-state index contributed by atoms with van der Waals surface area (Å²) in [5.41, 5.74) is -0.506. The minimum atomic E-state index is -2.73. The van der Waals surface area contributed by atoms with Crippen molar-refractivity contribution in [3.05, 3.63) is 38.0 Å². The lowest BCUT2D eigenvalue weighted by Crippen LogP contribution is -2.45. The number of halogens is 6. The van der Waals surface area contributed by atoms with Crippen LogP contribution in [0, 0.1) is 23.7 Å². The molecule has 4 aliphatic heterocycles. The Morgan fingerprint density at radius 2 is 2.16 bits per heavy atom. The molecule has 3 fully saturated rings. The van der Waals surface area contributed by atoms with Crippen LogP contribution in [0.1, 0.15) is 32.1 Å². The molecule has 1 aromatic rings. The number of alkyl halides is 3. The average molecular weight is 604 g/mol. The number of fused-ring (bicyclic) bond motifs is 1. The molecule has 1 aliphatic carbocycles. The first kappa shape index (κ1) is 25.1. The Morgan fingerprint density at radius 1 is 1.35 bits per heavy atom. The van der Waals surface area contributed by atoms with Gasteiger partial charge in [-0.25, -0.2) is 17.6 Å². The lowest BCUT2D eigenvalue weighted by atomic mass is 9.95. The predicted molar refractivity (Wildman–Crippen MR) is 131 cm³/mol. The van der Waals surface area contributed by atoms with Crippen molar-refractivity contribution >= 4 is 33.4 Å². The van der Waals surface area contributed by atoms with Crippen LogP contribution in [-0.2, 0) is 4.74 Å². The van der Waals surface area contributed by atoms with Gasteiger partial charge in [0.1, 0.15) is 25.3 Å². The molecular formula is C25H24BrClF4N4O2. The van der Waals surface area contributed by atoms with Gasteiger partial charge in [0.15, 0.2) is 11.6 Å². The SMILES string of the molecule is Fc1c(Br)c(Cl)c2c3c1OC(OC[C@@]14CCCN1C[C@H](F)C4)=CN(CC(F)F)C=3N(C#CC1CC1)CN=2. The summed E-state index contributed by atoms with van der Waals surface area (Å²) in [7, 11) is 0. The minimum absolute atomic E-state index is 0.00828. The Morgan fingerprint density at radius 3 is 2.92 bits per heavy atom. The van der Waals surface area contributed by atoms with Crippen molar-refractivity contribution in [3.8, 4) is 17.7 Å². The zero-order valence-corrected chi connectivity index (χ0v) is 22.1. The molecule has 0 spiro atoms. The highest BCUT2D eigenvalue weighted by Crippen LogP contribution is 2.41. The Kier molecular flexibility index (Phi) is 6.48. The molecular weight excluding hydrogens is 580 g/mol. The predicted octanol–water partition coefficient (Wildman–Crippen LogP) is 3.92. The van der Waals surface area contributed by atoms with E-state index >= 15 is 4.39 Å². The summed E-state index contributed by atoms with van der Waals surface area (Å²) in [6, 6.07) is 3.01. The second-order valence-corrected chi connectivity index (χ2v) is 11.2. The van der Waals surface area contributed by atoms with Gasteiger partial charge in [-0.1, -0.05) is 17.5 Å². The Labute approximate surface area is 224 Å². The summed E-state index contributed by atoms with van der Waals surface area (Å²) in [5, 5.41) is 0.354. The zero-order valence-electron chi connectivity index (χ0n) is 19.8. The van der Waals surface area contributed by atoms with Gasteiger partial charge in [-0.15, -0.1) is 0 Å². The van der Waals surface area contributed by atoms with Gasteiger partial charge in [-0.05, 0) is 48.2 Å². The fraction of sp³-hybridized carbons (Fsp3) is 0.560. The summed E-state index contributed by atoms with van der Waals surface area (Å²) >= 11 is 9.59. The van der Waals surface area contributed by atoms with E-state index in [0.717, 1.165) is 32.2 Å². The first-order chi connectivity index (χ1) is 17.8. The smallest absolute Gasteiger partial charge is 0.302 e. The van der Waals surface area contributed by atoms with E-state index in [9.17, 15) is 13.2 Å². The molecule has 5 aliphatic rings. The van der Waals surface area contributed by atoms with E-state index < -0.39 is 30.5 Å². The van der Waals surface area contributed by atoms with Gasteiger partial charge >= 0.3 is 5.95 Å². The summed E-state index contributed by atoms with van der Waals surface area (Å²) in [6.07, 6.45) is 1.53. The quantitative estimate of drug-likeness (QED) is 0.290. The largest absolute Gasteiger partial charge is 0.462 e. The van der Waals surface area contributed by atoms with Crippen LogP contribution >= 0.6 is 27.5 Å². The minimum Gasteiger partial charge on any atom is -0.462 e. The maximum absolute atomic E-state index is 15.6. The number of benzene rings is 1. The molecule has 0 radical (unpaired) electrons. The van der Waals surface area contributed by atoms with Crippen LogP contribution in [0.4, 0.5) is 17.6 Å². The molecule has 0 bridgehead atoms. The van der Waals surface area contributed by atoms with Crippen molar-refractivity contribution in [2.24, 2.45) is 10.9 Å². The van der Waals surface area contributed by atoms with Gasteiger partial charge in [0.25, 0.3) is 6.43 Å². The van der Waals surface area contributed by atoms with Gasteiger partial charge in [0.2, 0.25) is 0 Å². The first-order valence-corrected chi connectivity index (χ1v) is 13.4. The molecule has 2 atom stereocenters. The van der Waals surface area contributed by atoms with Crippen molar-refractivity contribution in [1.29, 1.82) is 0 Å². The number of ether oxygens (including phenoxy) is 2. The van der Waals surface area contributed by atoms with E-state index in [1.165, 1.54) is 16.0 Å². The molecule has 198 valence electrons. The second kappa shape index (κ2) is 9.54. The van der Waals surface area contributed by atoms with E-state index in [4.69, 9.17) is 21.1 Å². The number of nitrogens with zero attached hydrogens (tertiary/aromatic N) is 4. The van der Waals surface area contributed by atoms with Gasteiger partial charge in [-0.2, -0.15) is 0 Å². The number of rotatable bonds is 5. The summed E-state index contributed by atoms with van der Waals surface area (Å²) in [5.74, 6) is 2.32. The summed E-state index contributed by atoms with van der Waals surface area (Å²) in [4.78, 5) is 9.31. The molecule has 6 rings (SSSR count). The molecule has 2 saturated heterocycles. The van der Waals surface area contributed by atoms with Crippen LogP contribution < -0.4 is 15.3 Å². The topological polar surface area (TPSA) is 40.5 Å². The standard InChI is InChI=1S/C25H24BrClF4N4O2/c26-19-20(27)22-18-23(21(19)31)37-17(36-12-25-5-1-6-35(25)9-15(28)8-25)11-34(10-16(29)30)24(18)33(13-32-22)7-4-14-2-3-14/h11,14-16H,1-3,5-6,8-10,12-13H2/t15-,25+/m1/s1. The van der Waals surface area contributed by atoms with Crippen molar-refractivity contribution in [1.82, 2.24) is 14.7 Å². The first-order valence-electron chi connectivity index (χ1n) is 12.3. The fourth-order valence-corrected chi connectivity index (χ4v) is 6.14. The van der Waals surface area contributed by atoms with Crippen LogP contribution in [0.3, 0.4) is 0 Å². The molecule has 12 heteroatoms. The Bertz CT molecular complexity index is 1340. The summed E-state index contributed by atoms with van der Waals surface area (Å²) < 4.78 is 69.3. The van der Waals surface area contributed by atoms with Gasteiger partial charge in [0, 0.05) is 24.9 Å². The molecule has 0 N–H and O–H groups in total. The molecule has 6 nitrogen and oxygen atoms in total. The van der Waals surface area contributed by atoms with Crippen molar-refractivity contribution in [2.45, 2.75) is 50.2 Å². The molecule has 1 aromatic carbocycles. The third-order valence-corrected chi connectivity index (χ3v) is 8.74. The van der Waals surface area contributed by atoms with Crippen LogP contribution in [-0.4, -0.2) is 65.7 Å². The fourth-order valence-electron chi connectivity index (χ4n) is 5.53. The zero-order chi connectivity index (χ0) is 25.9. The number of hydrogen-bond donors (Lipinski definition) is 0. The molecule has 4 heterocycles. The van der Waals surface area contributed by atoms with E-state index in [1.807, 2.05) is 0 Å². The maximum atomic E-state index is 15.6. The monoisotopic (exact) mass is 602 g/mol. The van der Waals surface area contributed by atoms with Crippen LogP contribution in [0.15, 0.2) is 21.6 Å². The van der Waals surface area contributed by atoms with Crippen LogP contribution in [0.25, 0.3) is 5.82 Å². The van der Waals surface area contributed by atoms with E-state index in [-0.39, 0.29) is 56.8 Å². The molecule has 0 aromatic heterocycles. The average Bonchev–Trinajstić information content (AvgIpc) is 3.56. The van der Waals surface area contributed by atoms with Crippen LogP contribution in [0.5, 0.6) is 5.75 Å². The number of hydrogen-bond acceptors (Lipinski definition) is 6. The Balaban J connectivity index is 1.44. The van der Waals surface area contributed by atoms with Gasteiger partial charge < -0.3 is 14.4 Å². The molecule has 37 heavy (non-hydrogen) atoms. The van der Waals surface area contributed by atoms with E-state index in [2.05, 4.69) is 37.8 Å². The van der Waals surface area contributed by atoms with Gasteiger partial charge in [0.05, 0.1) is 38.4 Å². The van der Waals surface area contributed by atoms with Gasteiger partial charge in [-0.3, -0.25) is 14.8 Å². The Hall–Kier alpha value is -2.16. The van der Waals surface area contributed by atoms with Crippen molar-refractivity contribution < 1.29 is 27.0 Å². The highest BCUT2D eigenvalue weighted by molar-refractivity contribution is 9.10. The third kappa shape index (κ3) is 4.55. The van der Waals surface area contributed by atoms with Crippen molar-refractivity contribution in [3.63, 3.8) is 0 Å². The van der Waals surface area contributed by atoms with Crippen LogP contribution in [0.2, 0.25) is 5.02 Å². The maximum Gasteiger partial charge on any atom is 0.302 e. The lowest BCUT2D eigenvalue weighted by molar-refractivity contribution is 0.0245. The highest BCUT2D eigenvalue weighted by Gasteiger charge is 2.49. The van der Waals surface area contributed by atoms with E-state index in [0.29, 0.717) is 13.0 Å². The molecule has 0 amide bonds. The molecule has 0 unspecified atom stereocenters. The highest BCUT2D eigenvalue weighted by atomic mass is 79.9. The molecule has 1 saturated carbocycles. The van der Waals surface area contributed by atoms with Crippen molar-refractivity contribution in [2.75, 3.05) is 32.9 Å². The van der Waals surface area contributed by atoms with E-state index in [1.54, 1.807) is 0 Å². The normalized spacial score (nSPS) is 26.6.